The van der Waals surface area contributed by atoms with Gasteiger partial charge in [0.1, 0.15) is 5.82 Å². The molecule has 1 aliphatic heterocycles. The number of carboxylic acids is 1. The van der Waals surface area contributed by atoms with Crippen molar-refractivity contribution in [1.82, 2.24) is 0 Å². The number of carboxylic acid groups (broad SMARTS) is 1. The molecule has 4 heteroatoms. The van der Waals surface area contributed by atoms with Gasteiger partial charge in [0.05, 0.1) is 11.3 Å². The van der Waals surface area contributed by atoms with Crippen LogP contribution in [-0.2, 0) is 0 Å². The maximum atomic E-state index is 14.1. The van der Waals surface area contributed by atoms with E-state index in [-0.39, 0.29) is 11.3 Å². The first kappa shape index (κ1) is 13.6. The molecule has 1 unspecified atom stereocenters. The fourth-order valence-electron chi connectivity index (χ4n) is 2.97. The molecule has 0 bridgehead atoms. The minimum Gasteiger partial charge on any atom is -0.478 e. The summed E-state index contributed by atoms with van der Waals surface area (Å²) in [6, 6.07) is 14.3. The molecule has 0 aromatic heterocycles. The van der Waals surface area contributed by atoms with E-state index in [4.69, 9.17) is 0 Å². The zero-order valence-electron chi connectivity index (χ0n) is 11.5. The molecule has 1 fully saturated rings. The van der Waals surface area contributed by atoms with Crippen LogP contribution in [0.15, 0.2) is 48.5 Å². The molecule has 0 spiro atoms. The average Bonchev–Trinajstić information content (AvgIpc) is 2.97. The standard InChI is InChI=1S/C17H16FNO2/c18-15-8-4-7-14(17(20)21)16(15)19-10-9-13(11-19)12-5-2-1-3-6-12/h1-8,13H,9-11H2,(H,20,21). The van der Waals surface area contributed by atoms with Crippen LogP contribution in [0, 0.1) is 5.82 Å². The van der Waals surface area contributed by atoms with E-state index in [9.17, 15) is 14.3 Å². The molecular formula is C17H16FNO2. The van der Waals surface area contributed by atoms with Gasteiger partial charge in [0.25, 0.3) is 0 Å². The van der Waals surface area contributed by atoms with Gasteiger partial charge in [-0.1, -0.05) is 36.4 Å². The van der Waals surface area contributed by atoms with Crippen molar-refractivity contribution >= 4 is 11.7 Å². The molecule has 2 aromatic rings. The van der Waals surface area contributed by atoms with Crippen molar-refractivity contribution in [2.24, 2.45) is 0 Å². The number of anilines is 1. The van der Waals surface area contributed by atoms with Gasteiger partial charge < -0.3 is 10.0 Å². The number of hydrogen-bond acceptors (Lipinski definition) is 2. The van der Waals surface area contributed by atoms with Gasteiger partial charge in [-0.2, -0.15) is 0 Å². The Bertz CT molecular complexity index is 657. The lowest BCUT2D eigenvalue weighted by Gasteiger charge is -2.21. The molecule has 0 radical (unpaired) electrons. The molecule has 1 saturated heterocycles. The van der Waals surface area contributed by atoms with Crippen molar-refractivity contribution < 1.29 is 14.3 Å². The van der Waals surface area contributed by atoms with Crippen LogP contribution in [0.1, 0.15) is 28.3 Å². The van der Waals surface area contributed by atoms with Crippen LogP contribution < -0.4 is 4.90 Å². The number of nitrogens with zero attached hydrogens (tertiary/aromatic N) is 1. The van der Waals surface area contributed by atoms with Gasteiger partial charge in [-0.3, -0.25) is 0 Å². The summed E-state index contributed by atoms with van der Waals surface area (Å²) in [6.45, 7) is 1.31. The van der Waals surface area contributed by atoms with Crippen molar-refractivity contribution in [3.63, 3.8) is 0 Å². The predicted molar refractivity (Wildman–Crippen MR) is 79.4 cm³/mol. The van der Waals surface area contributed by atoms with E-state index in [1.165, 1.54) is 23.8 Å². The third kappa shape index (κ3) is 2.61. The van der Waals surface area contributed by atoms with Gasteiger partial charge in [-0.15, -0.1) is 0 Å². The maximum Gasteiger partial charge on any atom is 0.337 e. The van der Waals surface area contributed by atoms with E-state index in [0.29, 0.717) is 19.0 Å². The molecule has 21 heavy (non-hydrogen) atoms. The van der Waals surface area contributed by atoms with Gasteiger partial charge in [0.2, 0.25) is 0 Å². The normalized spacial score (nSPS) is 18.0. The van der Waals surface area contributed by atoms with Crippen LogP contribution >= 0.6 is 0 Å². The van der Waals surface area contributed by atoms with E-state index in [0.717, 1.165) is 6.42 Å². The Morgan fingerprint density at radius 3 is 2.62 bits per heavy atom. The van der Waals surface area contributed by atoms with Crippen molar-refractivity contribution in [1.29, 1.82) is 0 Å². The van der Waals surface area contributed by atoms with Crippen LogP contribution in [0.3, 0.4) is 0 Å². The fraction of sp³-hybridized carbons (Fsp3) is 0.235. The highest BCUT2D eigenvalue weighted by molar-refractivity contribution is 5.94. The van der Waals surface area contributed by atoms with E-state index in [2.05, 4.69) is 12.1 Å². The summed E-state index contributed by atoms with van der Waals surface area (Å²) in [5, 5.41) is 9.24. The van der Waals surface area contributed by atoms with Crippen molar-refractivity contribution in [3.8, 4) is 0 Å². The third-order valence-electron chi connectivity index (χ3n) is 3.99. The van der Waals surface area contributed by atoms with Crippen molar-refractivity contribution in [2.75, 3.05) is 18.0 Å². The van der Waals surface area contributed by atoms with E-state index in [1.807, 2.05) is 23.1 Å². The Labute approximate surface area is 122 Å². The molecule has 1 atom stereocenters. The number of hydrogen-bond donors (Lipinski definition) is 1. The third-order valence-corrected chi connectivity index (χ3v) is 3.99. The number of para-hydroxylation sites is 1. The monoisotopic (exact) mass is 285 g/mol. The highest BCUT2D eigenvalue weighted by Crippen LogP contribution is 2.34. The zero-order chi connectivity index (χ0) is 14.8. The first-order valence-corrected chi connectivity index (χ1v) is 6.98. The molecule has 1 aliphatic rings. The molecule has 108 valence electrons. The highest BCUT2D eigenvalue weighted by atomic mass is 19.1. The predicted octanol–water partition coefficient (Wildman–Crippen LogP) is 3.52. The van der Waals surface area contributed by atoms with E-state index in [1.54, 1.807) is 0 Å². The van der Waals surface area contributed by atoms with E-state index < -0.39 is 11.8 Å². The first-order valence-electron chi connectivity index (χ1n) is 6.98. The van der Waals surface area contributed by atoms with E-state index >= 15 is 0 Å². The second kappa shape index (κ2) is 5.56. The number of benzene rings is 2. The van der Waals surface area contributed by atoms with Crippen LogP contribution in [-0.4, -0.2) is 24.2 Å². The minimum atomic E-state index is -1.09. The Hall–Kier alpha value is -2.36. The summed E-state index contributed by atoms with van der Waals surface area (Å²) in [6.07, 6.45) is 0.900. The lowest BCUT2D eigenvalue weighted by molar-refractivity contribution is 0.0697. The largest absolute Gasteiger partial charge is 0.478 e. The van der Waals surface area contributed by atoms with Crippen LogP contribution in [0.4, 0.5) is 10.1 Å². The second-order valence-corrected chi connectivity index (χ2v) is 5.28. The van der Waals surface area contributed by atoms with Gasteiger partial charge in [-0.25, -0.2) is 9.18 Å². The van der Waals surface area contributed by atoms with Gasteiger partial charge in [0, 0.05) is 19.0 Å². The molecule has 0 amide bonds. The number of halogens is 1. The average molecular weight is 285 g/mol. The molecule has 3 rings (SSSR count). The topological polar surface area (TPSA) is 40.5 Å². The molecule has 3 nitrogen and oxygen atoms in total. The Morgan fingerprint density at radius 2 is 1.90 bits per heavy atom. The molecular weight excluding hydrogens is 269 g/mol. The number of rotatable bonds is 3. The van der Waals surface area contributed by atoms with Crippen molar-refractivity contribution in [2.45, 2.75) is 12.3 Å². The molecule has 2 aromatic carbocycles. The summed E-state index contributed by atoms with van der Waals surface area (Å²) in [4.78, 5) is 13.1. The summed E-state index contributed by atoms with van der Waals surface area (Å²) < 4.78 is 14.1. The maximum absolute atomic E-state index is 14.1. The second-order valence-electron chi connectivity index (χ2n) is 5.28. The van der Waals surface area contributed by atoms with Crippen LogP contribution in [0.25, 0.3) is 0 Å². The smallest absolute Gasteiger partial charge is 0.337 e. The van der Waals surface area contributed by atoms with Gasteiger partial charge in [0.15, 0.2) is 0 Å². The number of aromatic carboxylic acids is 1. The zero-order valence-corrected chi connectivity index (χ0v) is 11.5. The molecule has 1 heterocycles. The van der Waals surface area contributed by atoms with Crippen LogP contribution in [0.5, 0.6) is 0 Å². The quantitative estimate of drug-likeness (QED) is 0.938. The van der Waals surface area contributed by atoms with Gasteiger partial charge >= 0.3 is 5.97 Å². The summed E-state index contributed by atoms with van der Waals surface area (Å²) in [5.74, 6) is -1.25. The summed E-state index contributed by atoms with van der Waals surface area (Å²) >= 11 is 0. The Balaban J connectivity index is 1.89. The summed E-state index contributed by atoms with van der Waals surface area (Å²) in [7, 11) is 0. The summed E-state index contributed by atoms with van der Waals surface area (Å²) in [5.41, 5.74) is 1.46. The lowest BCUT2D eigenvalue weighted by atomic mass is 9.99. The Kier molecular flexibility index (Phi) is 3.60. The SMILES string of the molecule is O=C(O)c1cccc(F)c1N1CCC(c2ccccc2)C1. The lowest BCUT2D eigenvalue weighted by Crippen LogP contribution is -2.23. The highest BCUT2D eigenvalue weighted by Gasteiger charge is 2.28. The van der Waals surface area contributed by atoms with Crippen LogP contribution in [0.2, 0.25) is 0 Å². The fourth-order valence-corrected chi connectivity index (χ4v) is 2.97. The molecule has 0 saturated carbocycles. The first-order chi connectivity index (χ1) is 10.2. The van der Waals surface area contributed by atoms with Crippen molar-refractivity contribution in [3.05, 3.63) is 65.5 Å². The Morgan fingerprint density at radius 1 is 1.14 bits per heavy atom. The number of carbonyl (C=O) groups is 1. The molecule has 1 N–H and O–H groups in total. The molecule has 0 aliphatic carbocycles. The van der Waals surface area contributed by atoms with Gasteiger partial charge in [-0.05, 0) is 24.1 Å². The minimum absolute atomic E-state index is 0.0312.